The summed E-state index contributed by atoms with van der Waals surface area (Å²) in [5.74, 6) is 0.960. The molecule has 5 nitrogen and oxygen atoms in total. The van der Waals surface area contributed by atoms with Gasteiger partial charge in [0.2, 0.25) is 0 Å². The summed E-state index contributed by atoms with van der Waals surface area (Å²) in [7, 11) is 0. The predicted octanol–water partition coefficient (Wildman–Crippen LogP) is 2.23. The Balaban J connectivity index is 1.43. The van der Waals surface area contributed by atoms with E-state index in [1.54, 1.807) is 6.07 Å². The van der Waals surface area contributed by atoms with Crippen LogP contribution in [-0.4, -0.2) is 24.0 Å². The van der Waals surface area contributed by atoms with Crippen LogP contribution in [0.4, 0.5) is 0 Å². The van der Waals surface area contributed by atoms with Crippen molar-refractivity contribution in [3.63, 3.8) is 0 Å². The number of aryl methyl sites for hydroxylation is 2. The number of carbonyl (C=O) groups excluding carboxylic acids is 1. The summed E-state index contributed by atoms with van der Waals surface area (Å²) in [6.45, 7) is 1.20. The third kappa shape index (κ3) is 3.31. The fourth-order valence-electron chi connectivity index (χ4n) is 3.75. The molecule has 1 unspecified atom stereocenters. The molecule has 0 saturated carbocycles. The number of rotatable bonds is 3. The van der Waals surface area contributed by atoms with Crippen molar-refractivity contribution >= 4 is 5.91 Å². The lowest BCUT2D eigenvalue weighted by molar-refractivity contribution is 0.0943. The number of nitrogens with one attached hydrogen (secondary N) is 2. The molecule has 1 amide bonds. The highest BCUT2D eigenvalue weighted by atomic mass is 16.5. The van der Waals surface area contributed by atoms with Gasteiger partial charge >= 0.3 is 0 Å². The van der Waals surface area contributed by atoms with Crippen LogP contribution in [0.3, 0.4) is 0 Å². The molecule has 2 aliphatic rings. The van der Waals surface area contributed by atoms with Crippen LogP contribution in [0.1, 0.15) is 40.0 Å². The van der Waals surface area contributed by atoms with Crippen molar-refractivity contribution < 1.29 is 9.53 Å². The SMILES string of the molecule is O=C(NCC1CCOc2ccccc2C1)c1cc2c([nH]c1=O)CCC2. The number of ether oxygens (including phenoxy) is 1. The van der Waals surface area contributed by atoms with Crippen molar-refractivity contribution in [1.29, 1.82) is 0 Å². The molecule has 0 spiro atoms. The van der Waals surface area contributed by atoms with Gasteiger partial charge in [0.15, 0.2) is 0 Å². The van der Waals surface area contributed by atoms with Gasteiger partial charge in [0.25, 0.3) is 11.5 Å². The molecule has 2 N–H and O–H groups in total. The number of aromatic amines is 1. The first-order valence-electron chi connectivity index (χ1n) is 8.94. The van der Waals surface area contributed by atoms with E-state index in [0.29, 0.717) is 19.1 Å². The topological polar surface area (TPSA) is 71.2 Å². The number of hydrogen-bond acceptors (Lipinski definition) is 3. The predicted molar refractivity (Wildman–Crippen MR) is 95.2 cm³/mol. The van der Waals surface area contributed by atoms with Gasteiger partial charge in [0.1, 0.15) is 11.3 Å². The summed E-state index contributed by atoms with van der Waals surface area (Å²) in [6.07, 6.45) is 4.63. The number of para-hydroxylation sites is 1. The molecule has 1 aromatic carbocycles. The van der Waals surface area contributed by atoms with Gasteiger partial charge in [0, 0.05) is 12.2 Å². The first kappa shape index (κ1) is 15.9. The van der Waals surface area contributed by atoms with E-state index in [1.807, 2.05) is 18.2 Å². The Kier molecular flexibility index (Phi) is 4.30. The smallest absolute Gasteiger partial charge is 0.261 e. The lowest BCUT2D eigenvalue weighted by atomic mass is 9.97. The molecule has 1 aliphatic heterocycles. The second-order valence-electron chi connectivity index (χ2n) is 6.89. The number of fused-ring (bicyclic) bond motifs is 2. The first-order valence-corrected chi connectivity index (χ1v) is 8.94. The third-order valence-corrected chi connectivity index (χ3v) is 5.15. The molecule has 1 aromatic heterocycles. The maximum atomic E-state index is 12.5. The van der Waals surface area contributed by atoms with Crippen LogP contribution in [0.5, 0.6) is 5.75 Å². The molecule has 1 aliphatic carbocycles. The number of carbonyl (C=O) groups is 1. The number of pyridine rings is 1. The Morgan fingerprint density at radius 2 is 2.12 bits per heavy atom. The maximum Gasteiger partial charge on any atom is 0.261 e. The lowest BCUT2D eigenvalue weighted by Gasteiger charge is -2.14. The zero-order valence-electron chi connectivity index (χ0n) is 14.1. The molecule has 1 atom stereocenters. The molecule has 4 rings (SSSR count). The standard InChI is InChI=1S/C20H22N2O3/c23-19(16-11-14-5-3-6-17(14)22-20(16)24)21-12-13-8-9-25-18-7-2-1-4-15(18)10-13/h1-2,4,7,11,13H,3,5-6,8-10,12H2,(H,21,23)(H,22,24). The minimum Gasteiger partial charge on any atom is -0.493 e. The molecule has 130 valence electrons. The fraction of sp³-hybridized carbons (Fsp3) is 0.400. The second kappa shape index (κ2) is 6.75. The average Bonchev–Trinajstić information content (AvgIpc) is 2.96. The van der Waals surface area contributed by atoms with Crippen molar-refractivity contribution in [3.8, 4) is 5.75 Å². The maximum absolute atomic E-state index is 12.5. The largest absolute Gasteiger partial charge is 0.493 e. The number of H-pyrrole nitrogens is 1. The molecule has 5 heteroatoms. The number of aromatic nitrogens is 1. The van der Waals surface area contributed by atoms with Gasteiger partial charge in [-0.15, -0.1) is 0 Å². The van der Waals surface area contributed by atoms with Crippen molar-refractivity contribution in [1.82, 2.24) is 10.3 Å². The van der Waals surface area contributed by atoms with Crippen molar-refractivity contribution in [2.75, 3.05) is 13.2 Å². The van der Waals surface area contributed by atoms with Gasteiger partial charge in [0.05, 0.1) is 6.61 Å². The van der Waals surface area contributed by atoms with Crippen LogP contribution in [-0.2, 0) is 19.3 Å². The van der Waals surface area contributed by atoms with E-state index in [-0.39, 0.29) is 17.0 Å². The van der Waals surface area contributed by atoms with Gasteiger partial charge < -0.3 is 15.0 Å². The zero-order chi connectivity index (χ0) is 17.2. The van der Waals surface area contributed by atoms with Crippen molar-refractivity contribution in [3.05, 3.63) is 63.1 Å². The Bertz CT molecular complexity index is 856. The molecule has 25 heavy (non-hydrogen) atoms. The highest BCUT2D eigenvalue weighted by molar-refractivity contribution is 5.94. The third-order valence-electron chi connectivity index (χ3n) is 5.15. The Morgan fingerprint density at radius 3 is 3.04 bits per heavy atom. The lowest BCUT2D eigenvalue weighted by Crippen LogP contribution is -2.34. The van der Waals surface area contributed by atoms with E-state index in [4.69, 9.17) is 4.74 Å². The summed E-state index contributed by atoms with van der Waals surface area (Å²) in [6, 6.07) is 9.80. The summed E-state index contributed by atoms with van der Waals surface area (Å²) >= 11 is 0. The molecule has 0 bridgehead atoms. The molecule has 0 saturated heterocycles. The van der Waals surface area contributed by atoms with E-state index < -0.39 is 0 Å². The van der Waals surface area contributed by atoms with Gasteiger partial charge in [-0.05, 0) is 61.3 Å². The van der Waals surface area contributed by atoms with E-state index in [9.17, 15) is 9.59 Å². The normalized spacial score (nSPS) is 18.6. The van der Waals surface area contributed by atoms with Gasteiger partial charge in [-0.25, -0.2) is 0 Å². The quantitative estimate of drug-likeness (QED) is 0.901. The fourth-order valence-corrected chi connectivity index (χ4v) is 3.75. The van der Waals surface area contributed by atoms with E-state index >= 15 is 0 Å². The van der Waals surface area contributed by atoms with Crippen LogP contribution in [0.25, 0.3) is 0 Å². The number of benzene rings is 1. The van der Waals surface area contributed by atoms with Crippen LogP contribution in [0.2, 0.25) is 0 Å². The molecule has 2 heterocycles. The van der Waals surface area contributed by atoms with Crippen LogP contribution in [0.15, 0.2) is 35.1 Å². The Labute approximate surface area is 146 Å². The van der Waals surface area contributed by atoms with Crippen LogP contribution < -0.4 is 15.6 Å². The Hall–Kier alpha value is -2.56. The molecular formula is C20H22N2O3. The second-order valence-corrected chi connectivity index (χ2v) is 6.89. The van der Waals surface area contributed by atoms with Crippen LogP contribution >= 0.6 is 0 Å². The average molecular weight is 338 g/mol. The molecule has 2 aromatic rings. The summed E-state index contributed by atoms with van der Waals surface area (Å²) in [4.78, 5) is 27.5. The first-order chi connectivity index (χ1) is 12.2. The van der Waals surface area contributed by atoms with E-state index in [0.717, 1.165) is 49.1 Å². The zero-order valence-corrected chi connectivity index (χ0v) is 14.1. The van der Waals surface area contributed by atoms with Gasteiger partial charge in [-0.1, -0.05) is 18.2 Å². The van der Waals surface area contributed by atoms with E-state index in [2.05, 4.69) is 16.4 Å². The van der Waals surface area contributed by atoms with E-state index in [1.165, 1.54) is 5.56 Å². The number of hydrogen-bond donors (Lipinski definition) is 2. The van der Waals surface area contributed by atoms with Gasteiger partial charge in [-0.3, -0.25) is 9.59 Å². The molecule has 0 radical (unpaired) electrons. The van der Waals surface area contributed by atoms with Gasteiger partial charge in [-0.2, -0.15) is 0 Å². The summed E-state index contributed by atoms with van der Waals surface area (Å²) < 4.78 is 5.77. The highest BCUT2D eigenvalue weighted by Gasteiger charge is 2.21. The summed E-state index contributed by atoms with van der Waals surface area (Å²) in [5, 5.41) is 2.94. The van der Waals surface area contributed by atoms with Crippen molar-refractivity contribution in [2.45, 2.75) is 32.1 Å². The van der Waals surface area contributed by atoms with Crippen LogP contribution in [0, 0.1) is 5.92 Å². The number of amides is 1. The molecular weight excluding hydrogens is 316 g/mol. The summed E-state index contributed by atoms with van der Waals surface area (Å²) in [5.41, 5.74) is 3.20. The highest BCUT2D eigenvalue weighted by Crippen LogP contribution is 2.26. The Morgan fingerprint density at radius 1 is 1.24 bits per heavy atom. The minimum absolute atomic E-state index is 0.228. The van der Waals surface area contributed by atoms with Crippen molar-refractivity contribution in [2.24, 2.45) is 5.92 Å². The monoisotopic (exact) mass is 338 g/mol. The minimum atomic E-state index is -0.285. The molecule has 0 fully saturated rings.